The van der Waals surface area contributed by atoms with E-state index in [0.717, 1.165) is 28.7 Å². The molecule has 0 aromatic carbocycles. The molecular weight excluding hydrogens is 444 g/mol. The van der Waals surface area contributed by atoms with E-state index in [0.29, 0.717) is 35.5 Å². The summed E-state index contributed by atoms with van der Waals surface area (Å²) >= 11 is 0. The zero-order valence-corrected chi connectivity index (χ0v) is 24.6. The van der Waals surface area contributed by atoms with Crippen LogP contribution >= 0.6 is 0 Å². The van der Waals surface area contributed by atoms with Crippen molar-refractivity contribution in [2.45, 2.75) is 119 Å². The average Bonchev–Trinajstić information content (AvgIpc) is 2.85. The quantitative estimate of drug-likeness (QED) is 0.345. The van der Waals surface area contributed by atoms with E-state index in [1.807, 2.05) is 24.7 Å². The molecule has 6 heteroatoms. The monoisotopic (exact) mass is 492 g/mol. The number of hydrogen-bond acceptors (Lipinski definition) is 6. The molecule has 0 N–H and O–H groups in total. The predicted octanol–water partition coefficient (Wildman–Crippen LogP) is 8.17. The largest absolute Gasteiger partial charge is 0.241 e. The Morgan fingerprint density at radius 3 is 1.33 bits per heavy atom. The Bertz CT molecular complexity index is 879. The van der Waals surface area contributed by atoms with Gasteiger partial charge in [0.1, 0.15) is 18.0 Å². The van der Waals surface area contributed by atoms with Crippen LogP contribution in [0.2, 0.25) is 0 Å². The van der Waals surface area contributed by atoms with E-state index in [2.05, 4.69) is 119 Å². The molecule has 0 fully saturated rings. The van der Waals surface area contributed by atoms with Gasteiger partial charge in [0.05, 0.1) is 0 Å². The molecule has 0 atom stereocenters. The number of nitrogens with zero attached hydrogens (tertiary/aromatic N) is 6. The van der Waals surface area contributed by atoms with Crippen LogP contribution < -0.4 is 0 Å². The Balaban J connectivity index is 0.000000270. The fourth-order valence-corrected chi connectivity index (χ4v) is 2.95. The fourth-order valence-electron chi connectivity index (χ4n) is 2.95. The van der Waals surface area contributed by atoms with Gasteiger partial charge in [0.25, 0.3) is 0 Å². The molecule has 0 spiro atoms. The average molecular weight is 493 g/mol. The van der Waals surface area contributed by atoms with Crippen LogP contribution in [0.1, 0.15) is 153 Å². The molecule has 0 aliphatic heterocycles. The third-order valence-electron chi connectivity index (χ3n) is 5.57. The summed E-state index contributed by atoms with van der Waals surface area (Å²) in [5, 5.41) is 0. The first-order chi connectivity index (χ1) is 16.8. The summed E-state index contributed by atoms with van der Waals surface area (Å²) in [5.74, 6) is 4.71. The zero-order valence-electron chi connectivity index (χ0n) is 24.6. The van der Waals surface area contributed by atoms with E-state index in [-0.39, 0.29) is 0 Å². The molecule has 0 radical (unpaired) electrons. The SMILES string of the molecule is CC(C)c1cc(C(C)C)ncn1.CC(C)c1ccnc(C(C)C)n1.CC(C)c1cnc(C(C)C)nc1. The molecule has 198 valence electrons. The third-order valence-corrected chi connectivity index (χ3v) is 5.57. The van der Waals surface area contributed by atoms with Gasteiger partial charge in [-0.15, -0.1) is 0 Å². The molecular formula is C30H48N6. The van der Waals surface area contributed by atoms with Crippen LogP contribution in [-0.4, -0.2) is 29.9 Å². The second-order valence-electron chi connectivity index (χ2n) is 11.0. The molecule has 0 aliphatic carbocycles. The Hall–Kier alpha value is -2.76. The van der Waals surface area contributed by atoms with Crippen molar-refractivity contribution in [3.05, 3.63) is 71.3 Å². The normalized spacial score (nSPS) is 11.2. The summed E-state index contributed by atoms with van der Waals surface area (Å²) in [7, 11) is 0. The van der Waals surface area contributed by atoms with E-state index in [4.69, 9.17) is 0 Å². The summed E-state index contributed by atoms with van der Waals surface area (Å²) in [6.45, 7) is 25.6. The predicted molar refractivity (Wildman–Crippen MR) is 151 cm³/mol. The smallest absolute Gasteiger partial charge is 0.131 e. The van der Waals surface area contributed by atoms with Crippen LogP contribution in [0.3, 0.4) is 0 Å². The molecule has 6 nitrogen and oxygen atoms in total. The summed E-state index contributed by atoms with van der Waals surface area (Å²) < 4.78 is 0. The maximum absolute atomic E-state index is 4.46. The third kappa shape index (κ3) is 10.9. The zero-order chi connectivity index (χ0) is 27.4. The van der Waals surface area contributed by atoms with Crippen LogP contribution in [0.5, 0.6) is 0 Å². The van der Waals surface area contributed by atoms with E-state index >= 15 is 0 Å². The van der Waals surface area contributed by atoms with Crippen molar-refractivity contribution in [3.8, 4) is 0 Å². The molecule has 36 heavy (non-hydrogen) atoms. The molecule has 0 unspecified atom stereocenters. The van der Waals surface area contributed by atoms with Gasteiger partial charge in [-0.1, -0.05) is 83.1 Å². The molecule has 0 saturated heterocycles. The Labute approximate surface area is 219 Å². The molecule has 0 saturated carbocycles. The second-order valence-corrected chi connectivity index (χ2v) is 11.0. The minimum Gasteiger partial charge on any atom is -0.241 e. The topological polar surface area (TPSA) is 77.3 Å². The summed E-state index contributed by atoms with van der Waals surface area (Å²) in [4.78, 5) is 25.7. The Morgan fingerprint density at radius 1 is 0.472 bits per heavy atom. The lowest BCUT2D eigenvalue weighted by molar-refractivity contribution is 0.729. The maximum atomic E-state index is 4.46. The van der Waals surface area contributed by atoms with Crippen molar-refractivity contribution >= 4 is 0 Å². The maximum Gasteiger partial charge on any atom is 0.131 e. The van der Waals surface area contributed by atoms with Gasteiger partial charge < -0.3 is 0 Å². The molecule has 3 aromatic heterocycles. The highest BCUT2D eigenvalue weighted by Gasteiger charge is 2.06. The van der Waals surface area contributed by atoms with E-state index in [1.165, 1.54) is 5.56 Å². The lowest BCUT2D eigenvalue weighted by Crippen LogP contribution is -2.01. The van der Waals surface area contributed by atoms with Gasteiger partial charge in [-0.2, -0.15) is 0 Å². The van der Waals surface area contributed by atoms with Gasteiger partial charge in [-0.3, -0.25) is 0 Å². The molecule has 3 heterocycles. The van der Waals surface area contributed by atoms with Gasteiger partial charge in [0.15, 0.2) is 0 Å². The Morgan fingerprint density at radius 2 is 0.944 bits per heavy atom. The second kappa shape index (κ2) is 15.4. The molecule has 3 aromatic rings. The molecule has 0 amide bonds. The van der Waals surface area contributed by atoms with Crippen LogP contribution in [-0.2, 0) is 0 Å². The van der Waals surface area contributed by atoms with Crippen molar-refractivity contribution in [2.24, 2.45) is 0 Å². The van der Waals surface area contributed by atoms with Gasteiger partial charge in [0.2, 0.25) is 0 Å². The lowest BCUT2D eigenvalue weighted by atomic mass is 10.1. The lowest BCUT2D eigenvalue weighted by Gasteiger charge is -2.07. The molecule has 0 aliphatic rings. The molecule has 0 bridgehead atoms. The van der Waals surface area contributed by atoms with Gasteiger partial charge in [0, 0.05) is 47.5 Å². The van der Waals surface area contributed by atoms with E-state index < -0.39 is 0 Å². The number of rotatable bonds is 6. The molecule has 3 rings (SSSR count). The van der Waals surface area contributed by atoms with E-state index in [9.17, 15) is 0 Å². The van der Waals surface area contributed by atoms with Gasteiger partial charge >= 0.3 is 0 Å². The van der Waals surface area contributed by atoms with Crippen molar-refractivity contribution in [1.29, 1.82) is 0 Å². The van der Waals surface area contributed by atoms with Crippen molar-refractivity contribution in [1.82, 2.24) is 29.9 Å². The highest BCUT2D eigenvalue weighted by atomic mass is 14.9. The highest BCUT2D eigenvalue weighted by Crippen LogP contribution is 2.17. The highest BCUT2D eigenvalue weighted by molar-refractivity contribution is 5.14. The van der Waals surface area contributed by atoms with Crippen LogP contribution in [0, 0.1) is 0 Å². The standard InChI is InChI=1S/3C10H16N2/c1-7(2)9-5-10(8(3)4)12-6-11-9;1-7(2)9-5-11-10(8(3)4)12-6-9;1-7(2)9-5-6-11-10(12-9)8(3)4/h3*5-8H,1-4H3. The van der Waals surface area contributed by atoms with Crippen molar-refractivity contribution in [2.75, 3.05) is 0 Å². The summed E-state index contributed by atoms with van der Waals surface area (Å²) in [6.07, 6.45) is 7.35. The fraction of sp³-hybridized carbons (Fsp3) is 0.600. The van der Waals surface area contributed by atoms with Gasteiger partial charge in [-0.25, -0.2) is 29.9 Å². The van der Waals surface area contributed by atoms with Gasteiger partial charge in [-0.05, 0) is 41.4 Å². The number of aromatic nitrogens is 6. The minimum atomic E-state index is 0.420. The first-order valence-electron chi connectivity index (χ1n) is 13.3. The number of hydrogen-bond donors (Lipinski definition) is 0. The summed E-state index contributed by atoms with van der Waals surface area (Å²) in [5.41, 5.74) is 4.61. The minimum absolute atomic E-state index is 0.420. The van der Waals surface area contributed by atoms with Crippen molar-refractivity contribution in [3.63, 3.8) is 0 Å². The van der Waals surface area contributed by atoms with Crippen LogP contribution in [0.4, 0.5) is 0 Å². The van der Waals surface area contributed by atoms with Crippen LogP contribution in [0.15, 0.2) is 37.1 Å². The first kappa shape index (κ1) is 31.3. The first-order valence-corrected chi connectivity index (χ1v) is 13.3. The Kier molecular flexibility index (Phi) is 13.4. The van der Waals surface area contributed by atoms with Crippen LogP contribution in [0.25, 0.3) is 0 Å². The van der Waals surface area contributed by atoms with Crippen molar-refractivity contribution < 1.29 is 0 Å². The summed E-state index contributed by atoms with van der Waals surface area (Å²) in [6, 6.07) is 4.08. The van der Waals surface area contributed by atoms with E-state index in [1.54, 1.807) is 6.33 Å².